The fourth-order valence-corrected chi connectivity index (χ4v) is 3.04. The Morgan fingerprint density at radius 3 is 2.62 bits per heavy atom. The van der Waals surface area contributed by atoms with Gasteiger partial charge in [0, 0.05) is 28.0 Å². The van der Waals surface area contributed by atoms with Crippen molar-refractivity contribution >= 4 is 45.0 Å². The zero-order chi connectivity index (χ0) is 19.5. The number of amides is 2. The highest BCUT2D eigenvalue weighted by atomic mass is 79.9. The van der Waals surface area contributed by atoms with Crippen LogP contribution in [-0.2, 0) is 11.2 Å². The predicted molar refractivity (Wildman–Crippen MR) is 105 cm³/mol. The summed E-state index contributed by atoms with van der Waals surface area (Å²) in [4.78, 5) is 28.5. The van der Waals surface area contributed by atoms with Gasteiger partial charge in [0.25, 0.3) is 5.91 Å². The minimum atomic E-state index is -0.393. The summed E-state index contributed by atoms with van der Waals surface area (Å²) in [6, 6.07) is 6.14. The highest BCUT2D eigenvalue weighted by Crippen LogP contribution is 2.31. The first-order valence-corrected chi connectivity index (χ1v) is 8.97. The number of nitrogens with one attached hydrogen (secondary N) is 2. The Morgan fingerprint density at radius 2 is 1.96 bits per heavy atom. The minimum absolute atomic E-state index is 0.0375. The average Bonchev–Trinajstić information content (AvgIpc) is 2.50. The molecule has 0 bridgehead atoms. The van der Waals surface area contributed by atoms with E-state index in [1.807, 2.05) is 20.8 Å². The fourth-order valence-electron chi connectivity index (χ4n) is 2.17. The van der Waals surface area contributed by atoms with Crippen molar-refractivity contribution in [3.05, 3.63) is 51.2 Å². The van der Waals surface area contributed by atoms with Crippen LogP contribution in [0.5, 0.6) is 5.75 Å². The summed E-state index contributed by atoms with van der Waals surface area (Å²) in [5.74, 6) is -0.725. The smallest absolute Gasteiger partial charge is 0.270 e. The molecule has 0 unspecified atom stereocenters. The van der Waals surface area contributed by atoms with Gasteiger partial charge in [-0.3, -0.25) is 14.6 Å². The van der Waals surface area contributed by atoms with E-state index in [2.05, 4.69) is 31.5 Å². The standard InChI is InChI=1S/C18H19BrClN3O3/c1-18(2,3)23-17(26)14-9-12(4-5-21-14)22-15(24)7-10-6-11(20)8-13(19)16(10)25/h4-6,8-9,25H,7H2,1-3H3,(H,23,26)(H,21,22,24). The maximum atomic E-state index is 12.3. The molecule has 0 aliphatic rings. The van der Waals surface area contributed by atoms with E-state index in [0.29, 0.717) is 20.7 Å². The number of hydrogen-bond donors (Lipinski definition) is 3. The molecule has 2 aromatic rings. The number of aromatic hydroxyl groups is 1. The third-order valence-electron chi connectivity index (χ3n) is 3.22. The Bertz CT molecular complexity index is 850. The summed E-state index contributed by atoms with van der Waals surface area (Å²) >= 11 is 9.13. The van der Waals surface area contributed by atoms with Gasteiger partial charge in [-0.1, -0.05) is 11.6 Å². The number of pyridine rings is 1. The van der Waals surface area contributed by atoms with E-state index >= 15 is 0 Å². The number of nitrogens with zero attached hydrogens (tertiary/aromatic N) is 1. The third-order valence-corrected chi connectivity index (χ3v) is 4.05. The summed E-state index contributed by atoms with van der Waals surface area (Å²) in [6.45, 7) is 5.60. The predicted octanol–water partition coefficient (Wildman–Crippen LogP) is 3.91. The molecule has 1 heterocycles. The first-order valence-electron chi connectivity index (χ1n) is 7.80. The number of phenols is 1. The van der Waals surface area contributed by atoms with E-state index in [1.54, 1.807) is 12.1 Å². The Labute approximate surface area is 165 Å². The Balaban J connectivity index is 2.10. The van der Waals surface area contributed by atoms with E-state index in [4.69, 9.17) is 11.6 Å². The number of benzene rings is 1. The summed E-state index contributed by atoms with van der Waals surface area (Å²) in [6.07, 6.45) is 1.37. The van der Waals surface area contributed by atoms with Crippen molar-refractivity contribution in [1.29, 1.82) is 0 Å². The van der Waals surface area contributed by atoms with Crippen LogP contribution in [0.2, 0.25) is 5.02 Å². The molecule has 3 N–H and O–H groups in total. The fraction of sp³-hybridized carbons (Fsp3) is 0.278. The summed E-state index contributed by atoms with van der Waals surface area (Å²) in [7, 11) is 0. The van der Waals surface area contributed by atoms with Crippen LogP contribution in [-0.4, -0.2) is 27.4 Å². The number of carbonyl (C=O) groups is 2. The molecule has 0 aliphatic carbocycles. The molecule has 8 heteroatoms. The molecule has 6 nitrogen and oxygen atoms in total. The highest BCUT2D eigenvalue weighted by Gasteiger charge is 2.17. The van der Waals surface area contributed by atoms with Gasteiger partial charge in [-0.15, -0.1) is 0 Å². The third kappa shape index (κ3) is 5.71. The van der Waals surface area contributed by atoms with Crippen molar-refractivity contribution in [1.82, 2.24) is 10.3 Å². The van der Waals surface area contributed by atoms with Crippen LogP contribution in [0.15, 0.2) is 34.9 Å². The van der Waals surface area contributed by atoms with E-state index in [-0.39, 0.29) is 29.7 Å². The molecule has 0 radical (unpaired) electrons. The quantitative estimate of drug-likeness (QED) is 0.672. The van der Waals surface area contributed by atoms with Crippen molar-refractivity contribution in [3.8, 4) is 5.75 Å². The van der Waals surface area contributed by atoms with Crippen LogP contribution < -0.4 is 10.6 Å². The van der Waals surface area contributed by atoms with Crippen molar-refractivity contribution in [2.24, 2.45) is 0 Å². The van der Waals surface area contributed by atoms with Gasteiger partial charge in [0.05, 0.1) is 10.9 Å². The number of aromatic nitrogens is 1. The molecule has 0 saturated carbocycles. The number of anilines is 1. The van der Waals surface area contributed by atoms with Crippen LogP contribution in [0.4, 0.5) is 5.69 Å². The van der Waals surface area contributed by atoms with Crippen molar-refractivity contribution in [3.63, 3.8) is 0 Å². The second-order valence-corrected chi connectivity index (χ2v) is 8.04. The number of rotatable bonds is 4. The molecule has 2 rings (SSSR count). The second kappa shape index (κ2) is 8.05. The molecule has 1 aromatic carbocycles. The zero-order valence-corrected chi connectivity index (χ0v) is 16.9. The van der Waals surface area contributed by atoms with Crippen LogP contribution >= 0.6 is 27.5 Å². The molecule has 26 heavy (non-hydrogen) atoms. The average molecular weight is 441 g/mol. The second-order valence-electron chi connectivity index (χ2n) is 6.75. The van der Waals surface area contributed by atoms with Crippen LogP contribution in [0.3, 0.4) is 0 Å². The molecule has 0 saturated heterocycles. The first kappa shape index (κ1) is 20.2. The summed E-state index contributed by atoms with van der Waals surface area (Å²) in [5, 5.41) is 15.9. The Hall–Kier alpha value is -2.12. The number of halogens is 2. The zero-order valence-electron chi connectivity index (χ0n) is 14.6. The largest absolute Gasteiger partial charge is 0.506 e. The molecule has 0 atom stereocenters. The van der Waals surface area contributed by atoms with E-state index in [0.717, 1.165) is 0 Å². The Kier molecular flexibility index (Phi) is 6.26. The molecule has 0 spiro atoms. The van der Waals surface area contributed by atoms with Gasteiger partial charge < -0.3 is 15.7 Å². The Morgan fingerprint density at radius 1 is 1.27 bits per heavy atom. The maximum absolute atomic E-state index is 12.3. The van der Waals surface area contributed by atoms with Crippen molar-refractivity contribution in [2.45, 2.75) is 32.7 Å². The van der Waals surface area contributed by atoms with Crippen LogP contribution in [0, 0.1) is 0 Å². The van der Waals surface area contributed by atoms with E-state index in [9.17, 15) is 14.7 Å². The lowest BCUT2D eigenvalue weighted by Crippen LogP contribution is -2.40. The number of carbonyl (C=O) groups excluding carboxylic acids is 2. The molecule has 138 valence electrons. The van der Waals surface area contributed by atoms with Crippen LogP contribution in [0.25, 0.3) is 0 Å². The molecule has 0 fully saturated rings. The van der Waals surface area contributed by atoms with Gasteiger partial charge in [0.2, 0.25) is 5.91 Å². The lowest BCUT2D eigenvalue weighted by atomic mass is 10.1. The van der Waals surface area contributed by atoms with Gasteiger partial charge in [0.15, 0.2) is 0 Å². The SMILES string of the molecule is CC(C)(C)NC(=O)c1cc(NC(=O)Cc2cc(Cl)cc(Br)c2O)ccn1. The van der Waals surface area contributed by atoms with Gasteiger partial charge >= 0.3 is 0 Å². The van der Waals surface area contributed by atoms with Crippen molar-refractivity contribution < 1.29 is 14.7 Å². The molecular formula is C18H19BrClN3O3. The first-order chi connectivity index (χ1) is 12.0. The molecule has 2 amide bonds. The highest BCUT2D eigenvalue weighted by molar-refractivity contribution is 9.10. The monoisotopic (exact) mass is 439 g/mol. The molecular weight excluding hydrogens is 422 g/mol. The normalized spacial score (nSPS) is 11.1. The van der Waals surface area contributed by atoms with Gasteiger partial charge in [-0.05, 0) is 61.0 Å². The summed E-state index contributed by atoms with van der Waals surface area (Å²) < 4.78 is 0.415. The summed E-state index contributed by atoms with van der Waals surface area (Å²) in [5.41, 5.74) is 0.632. The van der Waals surface area contributed by atoms with E-state index < -0.39 is 5.54 Å². The lowest BCUT2D eigenvalue weighted by Gasteiger charge is -2.20. The van der Waals surface area contributed by atoms with Gasteiger partial charge in [-0.2, -0.15) is 0 Å². The topological polar surface area (TPSA) is 91.3 Å². The maximum Gasteiger partial charge on any atom is 0.270 e. The number of hydrogen-bond acceptors (Lipinski definition) is 4. The number of phenolic OH excluding ortho intramolecular Hbond substituents is 1. The van der Waals surface area contributed by atoms with E-state index in [1.165, 1.54) is 18.3 Å². The van der Waals surface area contributed by atoms with Gasteiger partial charge in [0.1, 0.15) is 11.4 Å². The van der Waals surface area contributed by atoms with Crippen LogP contribution in [0.1, 0.15) is 36.8 Å². The van der Waals surface area contributed by atoms with Gasteiger partial charge in [-0.25, -0.2) is 0 Å². The molecule has 1 aromatic heterocycles. The minimum Gasteiger partial charge on any atom is -0.506 e. The van der Waals surface area contributed by atoms with Crippen molar-refractivity contribution in [2.75, 3.05) is 5.32 Å². The molecule has 0 aliphatic heterocycles. The lowest BCUT2D eigenvalue weighted by molar-refractivity contribution is -0.115.